The molecule has 182 valence electrons. The Morgan fingerprint density at radius 3 is 2.34 bits per heavy atom. The van der Waals surface area contributed by atoms with E-state index in [0.29, 0.717) is 12.5 Å². The lowest BCUT2D eigenvalue weighted by Gasteiger charge is -2.52. The van der Waals surface area contributed by atoms with Gasteiger partial charge in [0, 0.05) is 30.9 Å². The van der Waals surface area contributed by atoms with Crippen LogP contribution in [0, 0.1) is 17.6 Å². The lowest BCUT2D eigenvalue weighted by atomic mass is 9.83. The topological polar surface area (TPSA) is 29.5 Å². The molecular formula is C29H31F2N2O2+. The van der Waals surface area contributed by atoms with E-state index in [1.54, 1.807) is 29.2 Å². The van der Waals surface area contributed by atoms with Crippen molar-refractivity contribution in [1.29, 1.82) is 0 Å². The summed E-state index contributed by atoms with van der Waals surface area (Å²) >= 11 is 0. The second kappa shape index (κ2) is 10.2. The number of anilines is 1. The van der Waals surface area contributed by atoms with Crippen LogP contribution in [0.25, 0.3) is 0 Å². The molecule has 3 heterocycles. The standard InChI is InChI=1S/C29H31F2N2O2/c30-25-11-9-23(10-12-25)20-32(27-7-2-1-3-8-27)29(34)35-28-21-33(17-14-24(28)15-18-33)16-13-22-5-4-6-26(31)19-22/h1-12,19,24,28H,13-18,20-21H2/q+1/t24?,28-,33?/m0/s1. The highest BCUT2D eigenvalue weighted by Crippen LogP contribution is 2.36. The number of para-hydroxylation sites is 1. The molecule has 1 amide bonds. The summed E-state index contributed by atoms with van der Waals surface area (Å²) in [5, 5.41) is 0. The van der Waals surface area contributed by atoms with Gasteiger partial charge in [-0.1, -0.05) is 42.5 Å². The number of amides is 1. The van der Waals surface area contributed by atoms with Crippen LogP contribution in [-0.2, 0) is 17.7 Å². The fourth-order valence-electron chi connectivity index (χ4n) is 5.56. The van der Waals surface area contributed by atoms with Crippen LogP contribution in [0.3, 0.4) is 0 Å². The van der Waals surface area contributed by atoms with E-state index >= 15 is 0 Å². The van der Waals surface area contributed by atoms with Crippen molar-refractivity contribution in [3.63, 3.8) is 0 Å². The van der Waals surface area contributed by atoms with E-state index in [0.717, 1.165) is 66.7 Å². The van der Waals surface area contributed by atoms with Crippen molar-refractivity contribution in [2.75, 3.05) is 31.1 Å². The van der Waals surface area contributed by atoms with Crippen molar-refractivity contribution >= 4 is 11.8 Å². The first-order valence-corrected chi connectivity index (χ1v) is 12.4. The highest BCUT2D eigenvalue weighted by molar-refractivity contribution is 5.87. The van der Waals surface area contributed by atoms with Crippen LogP contribution in [-0.4, -0.2) is 42.9 Å². The number of fused-ring (bicyclic) bond motifs is 3. The number of benzene rings is 3. The van der Waals surface area contributed by atoms with Crippen LogP contribution in [0.2, 0.25) is 0 Å². The van der Waals surface area contributed by atoms with Crippen molar-refractivity contribution in [1.82, 2.24) is 0 Å². The van der Waals surface area contributed by atoms with Gasteiger partial charge < -0.3 is 9.22 Å². The summed E-state index contributed by atoms with van der Waals surface area (Å²) < 4.78 is 34.1. The molecule has 0 saturated carbocycles. The molecule has 3 aromatic rings. The Labute approximate surface area is 205 Å². The van der Waals surface area contributed by atoms with E-state index < -0.39 is 0 Å². The van der Waals surface area contributed by atoms with Crippen LogP contribution in [0.15, 0.2) is 78.9 Å². The predicted molar refractivity (Wildman–Crippen MR) is 132 cm³/mol. The maximum Gasteiger partial charge on any atom is 0.415 e. The highest BCUT2D eigenvalue weighted by atomic mass is 19.1. The summed E-state index contributed by atoms with van der Waals surface area (Å²) in [4.78, 5) is 15.1. The van der Waals surface area contributed by atoms with Crippen LogP contribution in [0.5, 0.6) is 0 Å². The number of ether oxygens (including phenoxy) is 1. The second-order valence-electron chi connectivity index (χ2n) is 9.88. The Kier molecular flexibility index (Phi) is 6.82. The van der Waals surface area contributed by atoms with Gasteiger partial charge >= 0.3 is 6.09 Å². The van der Waals surface area contributed by atoms with Crippen LogP contribution < -0.4 is 4.90 Å². The number of nitrogens with zero attached hydrogens (tertiary/aromatic N) is 2. The molecule has 35 heavy (non-hydrogen) atoms. The van der Waals surface area contributed by atoms with Gasteiger partial charge in [-0.3, -0.25) is 4.90 Å². The molecule has 2 bridgehead atoms. The van der Waals surface area contributed by atoms with Gasteiger partial charge in [0.1, 0.15) is 18.2 Å². The zero-order valence-electron chi connectivity index (χ0n) is 19.8. The number of carbonyl (C=O) groups excluding carboxylic acids is 1. The van der Waals surface area contributed by atoms with E-state index in [9.17, 15) is 13.6 Å². The number of hydrogen-bond donors (Lipinski definition) is 0. The van der Waals surface area contributed by atoms with E-state index in [1.165, 1.54) is 18.2 Å². The van der Waals surface area contributed by atoms with Crippen molar-refractivity contribution in [3.05, 3.63) is 102 Å². The minimum absolute atomic E-state index is 0.142. The van der Waals surface area contributed by atoms with Gasteiger partial charge in [0.25, 0.3) is 0 Å². The quantitative estimate of drug-likeness (QED) is 0.393. The van der Waals surface area contributed by atoms with Crippen LogP contribution in [0.1, 0.15) is 24.0 Å². The maximum atomic E-state index is 13.6. The fourth-order valence-corrected chi connectivity index (χ4v) is 5.56. The Balaban J connectivity index is 1.29. The molecule has 3 aliphatic rings. The van der Waals surface area contributed by atoms with Crippen LogP contribution >= 0.6 is 0 Å². The number of piperidine rings is 3. The Morgan fingerprint density at radius 2 is 1.63 bits per heavy atom. The molecule has 4 nitrogen and oxygen atoms in total. The average Bonchev–Trinajstić information content (AvgIpc) is 2.88. The molecule has 0 N–H and O–H groups in total. The largest absolute Gasteiger partial charge is 0.440 e. The number of quaternary nitrogens is 1. The molecule has 3 aromatic carbocycles. The third kappa shape index (κ3) is 5.54. The molecule has 0 unspecified atom stereocenters. The zero-order chi connectivity index (χ0) is 24.3. The fraction of sp³-hybridized carbons (Fsp3) is 0.345. The molecule has 6 rings (SSSR count). The number of hydrogen-bond acceptors (Lipinski definition) is 2. The molecule has 3 aliphatic heterocycles. The summed E-state index contributed by atoms with van der Waals surface area (Å²) in [5.74, 6) is -0.132. The van der Waals surface area contributed by atoms with Gasteiger partial charge in [0.05, 0.1) is 26.2 Å². The molecule has 1 atom stereocenters. The predicted octanol–water partition coefficient (Wildman–Crippen LogP) is 5.96. The first kappa shape index (κ1) is 23.5. The van der Waals surface area contributed by atoms with E-state index in [-0.39, 0.29) is 23.8 Å². The average molecular weight is 478 g/mol. The second-order valence-corrected chi connectivity index (χ2v) is 9.88. The van der Waals surface area contributed by atoms with Crippen molar-refractivity contribution in [2.45, 2.75) is 31.9 Å². The van der Waals surface area contributed by atoms with Crippen molar-refractivity contribution in [3.8, 4) is 0 Å². The van der Waals surface area contributed by atoms with Gasteiger partial charge in [0.15, 0.2) is 6.10 Å². The van der Waals surface area contributed by atoms with E-state index in [4.69, 9.17) is 4.74 Å². The zero-order valence-corrected chi connectivity index (χ0v) is 19.8. The van der Waals surface area contributed by atoms with Gasteiger partial charge in [-0.15, -0.1) is 0 Å². The smallest absolute Gasteiger partial charge is 0.415 e. The third-order valence-electron chi connectivity index (χ3n) is 7.60. The summed E-state index contributed by atoms with van der Waals surface area (Å²) in [6.07, 6.45) is 2.36. The molecule has 6 heteroatoms. The first-order chi connectivity index (χ1) is 17.0. The Morgan fingerprint density at radius 1 is 0.886 bits per heavy atom. The molecule has 3 fully saturated rings. The molecule has 0 aromatic heterocycles. The molecule has 0 spiro atoms. The molecule has 3 saturated heterocycles. The van der Waals surface area contributed by atoms with Gasteiger partial charge in [0.2, 0.25) is 0 Å². The summed E-state index contributed by atoms with van der Waals surface area (Å²) in [6.45, 7) is 4.17. The SMILES string of the molecule is O=C(O[C@H]1C[N+]2(CCc3cccc(F)c3)CCC1CC2)N(Cc1ccc(F)cc1)c1ccccc1. The monoisotopic (exact) mass is 477 g/mol. The van der Waals surface area contributed by atoms with Crippen molar-refractivity contribution in [2.24, 2.45) is 5.92 Å². The van der Waals surface area contributed by atoms with Crippen LogP contribution in [0.4, 0.5) is 19.3 Å². The van der Waals surface area contributed by atoms with E-state index in [2.05, 4.69) is 0 Å². The van der Waals surface area contributed by atoms with E-state index in [1.807, 2.05) is 36.4 Å². The number of rotatable bonds is 7. The normalized spacial score (nSPS) is 23.1. The first-order valence-electron chi connectivity index (χ1n) is 12.4. The maximum absolute atomic E-state index is 13.6. The van der Waals surface area contributed by atoms with Crippen molar-refractivity contribution < 1.29 is 22.8 Å². The minimum Gasteiger partial charge on any atom is -0.440 e. The summed E-state index contributed by atoms with van der Waals surface area (Å²) in [5.41, 5.74) is 2.59. The number of carbonyl (C=O) groups is 1. The summed E-state index contributed by atoms with van der Waals surface area (Å²) in [7, 11) is 0. The lowest BCUT2D eigenvalue weighted by molar-refractivity contribution is -0.945. The number of halogens is 2. The van der Waals surface area contributed by atoms with Gasteiger partial charge in [-0.2, -0.15) is 0 Å². The molecule has 0 aliphatic carbocycles. The molecule has 0 radical (unpaired) electrons. The lowest BCUT2D eigenvalue weighted by Crippen LogP contribution is -2.65. The highest BCUT2D eigenvalue weighted by Gasteiger charge is 2.47. The van der Waals surface area contributed by atoms with Gasteiger partial charge in [-0.25, -0.2) is 13.6 Å². The minimum atomic E-state index is -0.373. The Bertz CT molecular complexity index is 1140. The molecular weight excluding hydrogens is 446 g/mol. The Hall–Kier alpha value is -3.25. The van der Waals surface area contributed by atoms with Gasteiger partial charge in [-0.05, 0) is 47.5 Å². The summed E-state index contributed by atoms with van der Waals surface area (Å²) in [6, 6.07) is 22.5. The third-order valence-corrected chi connectivity index (χ3v) is 7.60.